The summed E-state index contributed by atoms with van der Waals surface area (Å²) in [4.78, 5) is 20.6. The molecule has 1 aromatic heterocycles. The Morgan fingerprint density at radius 1 is 1.25 bits per heavy atom. The van der Waals surface area contributed by atoms with Crippen LogP contribution < -0.4 is 10.2 Å². The molecule has 2 heterocycles. The quantitative estimate of drug-likeness (QED) is 0.760. The third kappa shape index (κ3) is 4.46. The number of hydrogen-bond donors (Lipinski definition) is 1. The molecule has 0 saturated carbocycles. The van der Waals surface area contributed by atoms with Crippen LogP contribution in [0.25, 0.3) is 0 Å². The fourth-order valence-corrected chi connectivity index (χ4v) is 3.57. The second kappa shape index (κ2) is 8.63. The number of hydrogen-bond acceptors (Lipinski definition) is 4. The lowest BCUT2D eigenvalue weighted by Gasteiger charge is -2.36. The summed E-state index contributed by atoms with van der Waals surface area (Å²) in [6, 6.07) is 7.32. The van der Waals surface area contributed by atoms with E-state index in [1.54, 1.807) is 30.2 Å². The molecule has 1 aliphatic heterocycles. The average molecular weight is 422 g/mol. The monoisotopic (exact) mass is 421 g/mol. The second-order valence-corrected chi connectivity index (χ2v) is 7.26. The van der Waals surface area contributed by atoms with Crippen molar-refractivity contribution < 1.29 is 9.18 Å². The number of amides is 2. The molecule has 0 bridgehead atoms. The minimum Gasteiger partial charge on any atom is -0.353 e. The molecule has 2 aromatic rings. The number of nitrogens with zero attached hydrogens (tertiary/aromatic N) is 4. The van der Waals surface area contributed by atoms with Crippen molar-refractivity contribution in [2.45, 2.75) is 13.0 Å². The number of rotatable bonds is 3. The molecule has 1 aliphatic rings. The maximum absolute atomic E-state index is 13.7. The Morgan fingerprint density at radius 2 is 1.96 bits per heavy atom. The van der Waals surface area contributed by atoms with Gasteiger partial charge >= 0.3 is 6.03 Å². The van der Waals surface area contributed by atoms with E-state index in [1.807, 2.05) is 4.90 Å². The molecule has 28 heavy (non-hydrogen) atoms. The molecule has 0 aliphatic carbocycles. The molecule has 0 spiro atoms. The third-order valence-electron chi connectivity index (χ3n) is 4.61. The lowest BCUT2D eigenvalue weighted by atomic mass is 10.1. The molecule has 1 atom stereocenters. The van der Waals surface area contributed by atoms with Gasteiger partial charge in [-0.25, -0.2) is 14.2 Å². The van der Waals surface area contributed by atoms with Crippen molar-refractivity contribution in [3.8, 4) is 6.07 Å². The van der Waals surface area contributed by atoms with Gasteiger partial charge in [0.05, 0.1) is 22.7 Å². The minimum atomic E-state index is -0.581. The van der Waals surface area contributed by atoms with Crippen LogP contribution in [0.5, 0.6) is 0 Å². The highest BCUT2D eigenvalue weighted by Crippen LogP contribution is 2.28. The zero-order chi connectivity index (χ0) is 20.3. The molecular formula is C19H18Cl2FN5O. The van der Waals surface area contributed by atoms with E-state index >= 15 is 0 Å². The van der Waals surface area contributed by atoms with Crippen molar-refractivity contribution in [1.82, 2.24) is 15.2 Å². The fraction of sp³-hybridized carbons (Fsp3) is 0.316. The highest BCUT2D eigenvalue weighted by atomic mass is 35.5. The number of anilines is 1. The van der Waals surface area contributed by atoms with E-state index in [4.69, 9.17) is 28.5 Å². The van der Waals surface area contributed by atoms with E-state index in [2.05, 4.69) is 16.4 Å². The van der Waals surface area contributed by atoms with E-state index < -0.39 is 11.9 Å². The van der Waals surface area contributed by atoms with Gasteiger partial charge in [-0.3, -0.25) is 0 Å². The minimum absolute atomic E-state index is 0.0579. The molecule has 1 N–H and O–H groups in total. The number of carbonyl (C=O) groups is 1. The summed E-state index contributed by atoms with van der Waals surface area (Å²) < 4.78 is 13.7. The van der Waals surface area contributed by atoms with Crippen LogP contribution in [0.15, 0.2) is 30.5 Å². The van der Waals surface area contributed by atoms with Gasteiger partial charge < -0.3 is 15.1 Å². The number of urea groups is 1. The van der Waals surface area contributed by atoms with Crippen molar-refractivity contribution >= 4 is 35.1 Å². The summed E-state index contributed by atoms with van der Waals surface area (Å²) in [5, 5.41) is 12.1. The van der Waals surface area contributed by atoms with Crippen molar-refractivity contribution in [3.63, 3.8) is 0 Å². The summed E-state index contributed by atoms with van der Waals surface area (Å²) in [5.41, 5.74) is 1.01. The first-order chi connectivity index (χ1) is 13.4. The lowest BCUT2D eigenvalue weighted by Crippen LogP contribution is -2.52. The number of halogens is 3. The Balaban J connectivity index is 1.59. The third-order valence-corrected chi connectivity index (χ3v) is 5.23. The van der Waals surface area contributed by atoms with Crippen LogP contribution in [0.1, 0.15) is 24.1 Å². The molecule has 9 heteroatoms. The molecule has 3 rings (SSSR count). The molecule has 2 amide bonds. The van der Waals surface area contributed by atoms with Gasteiger partial charge in [-0.15, -0.1) is 0 Å². The van der Waals surface area contributed by atoms with Crippen LogP contribution in [-0.2, 0) is 0 Å². The number of nitriles is 1. The van der Waals surface area contributed by atoms with Gasteiger partial charge in [-0.2, -0.15) is 5.26 Å². The predicted octanol–water partition coefficient (Wildman–Crippen LogP) is 3.99. The van der Waals surface area contributed by atoms with Gasteiger partial charge in [0.2, 0.25) is 0 Å². The number of benzene rings is 1. The molecule has 146 valence electrons. The highest BCUT2D eigenvalue weighted by Gasteiger charge is 2.24. The maximum atomic E-state index is 13.7. The Morgan fingerprint density at radius 3 is 2.64 bits per heavy atom. The number of nitrogens with one attached hydrogen (secondary N) is 1. The Kier molecular flexibility index (Phi) is 6.22. The van der Waals surface area contributed by atoms with Crippen LogP contribution in [0.4, 0.5) is 15.0 Å². The van der Waals surface area contributed by atoms with Crippen LogP contribution in [-0.4, -0.2) is 42.1 Å². The molecule has 1 saturated heterocycles. The largest absolute Gasteiger partial charge is 0.353 e. The van der Waals surface area contributed by atoms with Crippen LogP contribution in [0, 0.1) is 17.1 Å². The normalized spacial score (nSPS) is 15.1. The Bertz CT molecular complexity index is 925. The van der Waals surface area contributed by atoms with E-state index in [-0.39, 0.29) is 11.1 Å². The summed E-state index contributed by atoms with van der Waals surface area (Å²) in [5.74, 6) is 0.138. The molecule has 1 aromatic carbocycles. The maximum Gasteiger partial charge on any atom is 0.317 e. The summed E-state index contributed by atoms with van der Waals surface area (Å²) in [6.45, 7) is 3.93. The van der Waals surface area contributed by atoms with Gasteiger partial charge in [-0.05, 0) is 36.8 Å². The van der Waals surface area contributed by atoms with E-state index in [1.165, 1.54) is 12.1 Å². The van der Waals surface area contributed by atoms with Crippen molar-refractivity contribution in [2.24, 2.45) is 0 Å². The Hall–Kier alpha value is -2.56. The number of aromatic nitrogens is 1. The first-order valence-corrected chi connectivity index (χ1v) is 9.45. The SMILES string of the molecule is CC(NC(=O)N1CCN(c2cc(C#N)ccn2)CC1)c1cc(F)c(Cl)cc1Cl. The topological polar surface area (TPSA) is 72.3 Å². The van der Waals surface area contributed by atoms with Crippen molar-refractivity contribution in [3.05, 3.63) is 57.5 Å². The number of pyridine rings is 1. The number of carbonyl (C=O) groups excluding carboxylic acids is 1. The fourth-order valence-electron chi connectivity index (χ4n) is 3.02. The van der Waals surface area contributed by atoms with E-state index in [0.29, 0.717) is 42.3 Å². The standard InChI is InChI=1S/C19H18Cl2FN5O/c1-12(14-9-17(22)16(21)10-15(14)20)25-19(28)27-6-4-26(5-7-27)18-8-13(11-23)2-3-24-18/h2-3,8-10,12H,4-7H2,1H3,(H,25,28). The predicted molar refractivity (Wildman–Crippen MR) is 106 cm³/mol. The summed E-state index contributed by atoms with van der Waals surface area (Å²) in [7, 11) is 0. The van der Waals surface area contributed by atoms with Crippen LogP contribution in [0.3, 0.4) is 0 Å². The molecule has 1 fully saturated rings. The van der Waals surface area contributed by atoms with E-state index in [0.717, 1.165) is 5.82 Å². The zero-order valence-electron chi connectivity index (χ0n) is 15.1. The lowest BCUT2D eigenvalue weighted by molar-refractivity contribution is 0.191. The summed E-state index contributed by atoms with van der Waals surface area (Å²) in [6.07, 6.45) is 1.60. The van der Waals surface area contributed by atoms with Gasteiger partial charge in [0.25, 0.3) is 0 Å². The van der Waals surface area contributed by atoms with Gasteiger partial charge in [0.1, 0.15) is 11.6 Å². The molecule has 1 unspecified atom stereocenters. The first-order valence-electron chi connectivity index (χ1n) is 8.70. The molecule has 6 nitrogen and oxygen atoms in total. The van der Waals surface area contributed by atoms with Crippen molar-refractivity contribution in [2.75, 3.05) is 31.1 Å². The summed E-state index contributed by atoms with van der Waals surface area (Å²) >= 11 is 11.8. The van der Waals surface area contributed by atoms with Gasteiger partial charge in [0, 0.05) is 37.4 Å². The van der Waals surface area contributed by atoms with Gasteiger partial charge in [-0.1, -0.05) is 23.2 Å². The zero-order valence-corrected chi connectivity index (χ0v) is 16.6. The average Bonchev–Trinajstić information content (AvgIpc) is 2.70. The highest BCUT2D eigenvalue weighted by molar-refractivity contribution is 6.35. The number of piperazine rings is 1. The molecule has 0 radical (unpaired) electrons. The van der Waals surface area contributed by atoms with E-state index in [9.17, 15) is 9.18 Å². The van der Waals surface area contributed by atoms with Gasteiger partial charge in [0.15, 0.2) is 0 Å². The Labute approximate surface area is 172 Å². The molecular weight excluding hydrogens is 404 g/mol. The first kappa shape index (κ1) is 20.2. The van der Waals surface area contributed by atoms with Crippen molar-refractivity contribution in [1.29, 1.82) is 5.26 Å². The smallest absolute Gasteiger partial charge is 0.317 e. The van der Waals surface area contributed by atoms with Crippen LogP contribution >= 0.6 is 23.2 Å². The second-order valence-electron chi connectivity index (χ2n) is 6.45. The van der Waals surface area contributed by atoms with Crippen LogP contribution in [0.2, 0.25) is 10.0 Å².